The first-order valence-electron chi connectivity index (χ1n) is 7.46. The molecule has 1 aliphatic heterocycles. The van der Waals surface area contributed by atoms with Gasteiger partial charge in [-0.2, -0.15) is 13.2 Å². The molecule has 0 radical (unpaired) electrons. The highest BCUT2D eigenvalue weighted by Crippen LogP contribution is 2.28. The zero-order chi connectivity index (χ0) is 17.2. The van der Waals surface area contributed by atoms with Gasteiger partial charge < -0.3 is 14.1 Å². The smallest absolute Gasteiger partial charge is 0.470 e. The molecular formula is C15H17F3N4O2. The molecule has 9 heteroatoms. The number of methoxy groups -OCH3 is 1. The van der Waals surface area contributed by atoms with Gasteiger partial charge in [-0.05, 0) is 12.1 Å². The highest BCUT2D eigenvalue weighted by molar-refractivity contribution is 5.51. The maximum Gasteiger partial charge on any atom is 0.470 e. The first-order valence-corrected chi connectivity index (χ1v) is 7.46. The van der Waals surface area contributed by atoms with Crippen molar-refractivity contribution in [1.82, 2.24) is 15.1 Å². The molecule has 130 valence electrons. The van der Waals surface area contributed by atoms with E-state index in [1.807, 2.05) is 29.2 Å². The highest BCUT2D eigenvalue weighted by atomic mass is 19.4. The van der Waals surface area contributed by atoms with Gasteiger partial charge in [-0.15, -0.1) is 10.2 Å². The minimum absolute atomic E-state index is 0.0165. The van der Waals surface area contributed by atoms with Gasteiger partial charge in [0.2, 0.25) is 5.89 Å². The van der Waals surface area contributed by atoms with Crippen LogP contribution in [-0.4, -0.2) is 48.4 Å². The summed E-state index contributed by atoms with van der Waals surface area (Å²) in [6.07, 6.45) is -4.60. The Balaban J connectivity index is 1.56. The van der Waals surface area contributed by atoms with Crippen molar-refractivity contribution >= 4 is 5.69 Å². The molecule has 0 saturated carbocycles. The van der Waals surface area contributed by atoms with Crippen molar-refractivity contribution in [3.63, 3.8) is 0 Å². The van der Waals surface area contributed by atoms with Crippen molar-refractivity contribution in [2.24, 2.45) is 0 Å². The maximum absolute atomic E-state index is 12.5. The molecule has 1 saturated heterocycles. The Morgan fingerprint density at radius 2 is 1.92 bits per heavy atom. The zero-order valence-electron chi connectivity index (χ0n) is 13.1. The fourth-order valence-electron chi connectivity index (χ4n) is 2.59. The van der Waals surface area contributed by atoms with E-state index in [1.54, 1.807) is 7.11 Å². The second kappa shape index (κ2) is 6.68. The molecule has 0 aliphatic carbocycles. The zero-order valence-corrected chi connectivity index (χ0v) is 13.1. The number of halogens is 3. The van der Waals surface area contributed by atoms with Gasteiger partial charge in [0, 0.05) is 37.9 Å². The predicted molar refractivity (Wildman–Crippen MR) is 79.8 cm³/mol. The van der Waals surface area contributed by atoms with Gasteiger partial charge in [-0.1, -0.05) is 6.07 Å². The molecule has 3 rings (SSSR count). The van der Waals surface area contributed by atoms with E-state index < -0.39 is 12.1 Å². The van der Waals surface area contributed by atoms with E-state index >= 15 is 0 Å². The first-order chi connectivity index (χ1) is 11.5. The molecule has 0 spiro atoms. The summed E-state index contributed by atoms with van der Waals surface area (Å²) in [7, 11) is 1.62. The molecular weight excluding hydrogens is 325 g/mol. The highest BCUT2D eigenvalue weighted by Gasteiger charge is 2.38. The summed E-state index contributed by atoms with van der Waals surface area (Å²) in [5.41, 5.74) is 1.06. The molecule has 1 aromatic heterocycles. The number of ether oxygens (including phenoxy) is 1. The van der Waals surface area contributed by atoms with Crippen molar-refractivity contribution in [2.45, 2.75) is 12.7 Å². The number of anilines is 1. The van der Waals surface area contributed by atoms with E-state index in [0.717, 1.165) is 24.5 Å². The van der Waals surface area contributed by atoms with E-state index in [0.29, 0.717) is 13.1 Å². The third-order valence-electron chi connectivity index (χ3n) is 3.86. The summed E-state index contributed by atoms with van der Waals surface area (Å²) in [5, 5.41) is 6.51. The fourth-order valence-corrected chi connectivity index (χ4v) is 2.59. The molecule has 0 amide bonds. The van der Waals surface area contributed by atoms with Gasteiger partial charge in [0.1, 0.15) is 5.75 Å². The van der Waals surface area contributed by atoms with E-state index in [4.69, 9.17) is 4.74 Å². The number of hydrogen-bond donors (Lipinski definition) is 0. The van der Waals surface area contributed by atoms with Crippen LogP contribution in [0.15, 0.2) is 28.7 Å². The third-order valence-corrected chi connectivity index (χ3v) is 3.86. The first kappa shape index (κ1) is 16.6. The van der Waals surface area contributed by atoms with E-state index in [9.17, 15) is 13.2 Å². The van der Waals surface area contributed by atoms with E-state index in [1.165, 1.54) is 0 Å². The molecule has 0 N–H and O–H groups in total. The minimum Gasteiger partial charge on any atom is -0.497 e. The topological polar surface area (TPSA) is 54.6 Å². The molecule has 1 fully saturated rings. The lowest BCUT2D eigenvalue weighted by Crippen LogP contribution is -2.46. The van der Waals surface area contributed by atoms with Crippen LogP contribution in [0.2, 0.25) is 0 Å². The van der Waals surface area contributed by atoms with Crippen molar-refractivity contribution in [2.75, 3.05) is 38.2 Å². The average molecular weight is 342 g/mol. The SMILES string of the molecule is COc1cccc(N2CCN(Cc3nnc(C(F)(F)F)o3)CC2)c1. The molecule has 0 bridgehead atoms. The van der Waals surface area contributed by atoms with Crippen LogP contribution in [0.1, 0.15) is 11.8 Å². The number of piperazine rings is 1. The Hall–Kier alpha value is -2.29. The standard InChI is InChI=1S/C15H17F3N4O2/c1-23-12-4-2-3-11(9-12)22-7-5-21(6-8-22)10-13-19-20-14(24-13)15(16,17)18/h2-4,9H,5-8,10H2,1H3. The van der Waals surface area contributed by atoms with Crippen LogP contribution in [0.25, 0.3) is 0 Å². The normalized spacial score (nSPS) is 16.4. The second-order valence-corrected chi connectivity index (χ2v) is 5.46. The van der Waals surface area contributed by atoms with Gasteiger partial charge in [0.25, 0.3) is 0 Å². The summed E-state index contributed by atoms with van der Waals surface area (Å²) in [5.74, 6) is -0.523. The predicted octanol–water partition coefficient (Wildman–Crippen LogP) is 2.42. The van der Waals surface area contributed by atoms with Crippen LogP contribution < -0.4 is 9.64 Å². The van der Waals surface area contributed by atoms with Crippen molar-refractivity contribution in [1.29, 1.82) is 0 Å². The Morgan fingerprint density at radius 1 is 1.17 bits per heavy atom. The summed E-state index contributed by atoms with van der Waals surface area (Å²) >= 11 is 0. The average Bonchev–Trinajstić information content (AvgIpc) is 3.04. The molecule has 1 aliphatic rings. The Labute approximate surface area is 136 Å². The number of rotatable bonds is 4. The molecule has 0 unspecified atom stereocenters. The van der Waals surface area contributed by atoms with Crippen LogP contribution in [0.3, 0.4) is 0 Å². The number of aromatic nitrogens is 2. The molecule has 6 nitrogen and oxygen atoms in total. The Morgan fingerprint density at radius 3 is 2.54 bits per heavy atom. The number of hydrogen-bond acceptors (Lipinski definition) is 6. The third kappa shape index (κ3) is 3.78. The van der Waals surface area contributed by atoms with Crippen molar-refractivity contribution < 1.29 is 22.3 Å². The molecule has 2 aromatic rings. The summed E-state index contributed by atoms with van der Waals surface area (Å²) in [4.78, 5) is 4.19. The minimum atomic E-state index is -4.60. The summed E-state index contributed by atoms with van der Waals surface area (Å²) < 4.78 is 47.3. The lowest BCUT2D eigenvalue weighted by atomic mass is 10.2. The van der Waals surface area contributed by atoms with Crippen molar-refractivity contribution in [3.05, 3.63) is 36.0 Å². The number of alkyl halides is 3. The quantitative estimate of drug-likeness (QED) is 0.851. The molecule has 1 aromatic carbocycles. The van der Waals surface area contributed by atoms with Gasteiger partial charge in [-0.3, -0.25) is 4.90 Å². The van der Waals surface area contributed by atoms with Crippen LogP contribution in [0.5, 0.6) is 5.75 Å². The lowest BCUT2D eigenvalue weighted by Gasteiger charge is -2.35. The van der Waals surface area contributed by atoms with Crippen LogP contribution >= 0.6 is 0 Å². The van der Waals surface area contributed by atoms with Crippen molar-refractivity contribution in [3.8, 4) is 5.75 Å². The monoisotopic (exact) mass is 342 g/mol. The lowest BCUT2D eigenvalue weighted by molar-refractivity contribution is -0.157. The Kier molecular flexibility index (Phi) is 4.61. The van der Waals surface area contributed by atoms with Gasteiger partial charge in [0.05, 0.1) is 13.7 Å². The van der Waals surface area contributed by atoms with Gasteiger partial charge >= 0.3 is 12.1 Å². The number of benzene rings is 1. The molecule has 24 heavy (non-hydrogen) atoms. The second-order valence-electron chi connectivity index (χ2n) is 5.46. The molecule has 2 heterocycles. The van der Waals surface area contributed by atoms with E-state index in [2.05, 4.69) is 19.5 Å². The fraction of sp³-hybridized carbons (Fsp3) is 0.467. The molecule has 0 atom stereocenters. The largest absolute Gasteiger partial charge is 0.497 e. The van der Waals surface area contributed by atoms with Crippen LogP contribution in [0, 0.1) is 0 Å². The Bertz CT molecular complexity index is 681. The number of nitrogens with zero attached hydrogens (tertiary/aromatic N) is 4. The van der Waals surface area contributed by atoms with Gasteiger partial charge in [0.15, 0.2) is 0 Å². The maximum atomic E-state index is 12.5. The van der Waals surface area contributed by atoms with E-state index in [-0.39, 0.29) is 12.4 Å². The van der Waals surface area contributed by atoms with Gasteiger partial charge in [-0.25, -0.2) is 0 Å². The van der Waals surface area contributed by atoms with Crippen LogP contribution in [0.4, 0.5) is 18.9 Å². The summed E-state index contributed by atoms with van der Waals surface area (Å²) in [6, 6.07) is 7.78. The van der Waals surface area contributed by atoms with Crippen LogP contribution in [-0.2, 0) is 12.7 Å². The summed E-state index contributed by atoms with van der Waals surface area (Å²) in [6.45, 7) is 3.12.